The Hall–Kier alpha value is -0.650. The van der Waals surface area contributed by atoms with Crippen LogP contribution in [0.1, 0.15) is 19.8 Å². The molecule has 72 valence electrons. The van der Waals surface area contributed by atoms with E-state index in [9.17, 15) is 4.79 Å². The standard InChI is InChI=1S/C7H17N3O2/c1-3-4-6(11)10-9-5-7(12)8-2/h6,9-11H,3-5H2,1-2H3,(H,8,12). The molecule has 0 saturated carbocycles. The van der Waals surface area contributed by atoms with Crippen LogP contribution in [-0.2, 0) is 4.79 Å². The Kier molecular flexibility index (Phi) is 6.64. The van der Waals surface area contributed by atoms with Gasteiger partial charge < -0.3 is 10.4 Å². The molecule has 1 amide bonds. The summed E-state index contributed by atoms with van der Waals surface area (Å²) >= 11 is 0. The summed E-state index contributed by atoms with van der Waals surface area (Å²) in [6.07, 6.45) is 0.982. The SMILES string of the molecule is CCCC(O)NNCC(=O)NC. The number of hydrazine groups is 1. The summed E-state index contributed by atoms with van der Waals surface area (Å²) in [6, 6.07) is 0. The van der Waals surface area contributed by atoms with E-state index in [2.05, 4.69) is 16.2 Å². The molecule has 0 bridgehead atoms. The number of carbonyl (C=O) groups excluding carboxylic acids is 1. The number of hydrogen-bond donors (Lipinski definition) is 4. The third kappa shape index (κ3) is 6.09. The van der Waals surface area contributed by atoms with Crippen LogP contribution in [0.2, 0.25) is 0 Å². The van der Waals surface area contributed by atoms with Crippen LogP contribution in [0, 0.1) is 0 Å². The summed E-state index contributed by atoms with van der Waals surface area (Å²) in [6.45, 7) is 2.14. The zero-order valence-corrected chi connectivity index (χ0v) is 7.55. The molecule has 5 nitrogen and oxygen atoms in total. The van der Waals surface area contributed by atoms with Crippen LogP contribution in [0.4, 0.5) is 0 Å². The topological polar surface area (TPSA) is 73.4 Å². The number of hydrogen-bond acceptors (Lipinski definition) is 4. The summed E-state index contributed by atoms with van der Waals surface area (Å²) in [5, 5.41) is 11.6. The average molecular weight is 175 g/mol. The molecule has 0 rings (SSSR count). The van der Waals surface area contributed by atoms with Crippen LogP contribution < -0.4 is 16.2 Å². The Balaban J connectivity index is 3.24. The minimum absolute atomic E-state index is 0.119. The van der Waals surface area contributed by atoms with Crippen LogP contribution in [-0.4, -0.2) is 30.8 Å². The van der Waals surface area contributed by atoms with Crippen molar-refractivity contribution in [2.75, 3.05) is 13.6 Å². The lowest BCUT2D eigenvalue weighted by atomic mass is 10.3. The van der Waals surface area contributed by atoms with E-state index in [0.29, 0.717) is 6.42 Å². The van der Waals surface area contributed by atoms with Gasteiger partial charge in [-0.2, -0.15) is 0 Å². The van der Waals surface area contributed by atoms with E-state index in [1.807, 2.05) is 6.92 Å². The molecule has 5 heteroatoms. The molecule has 1 unspecified atom stereocenters. The van der Waals surface area contributed by atoms with Crippen LogP contribution in [0.15, 0.2) is 0 Å². The van der Waals surface area contributed by atoms with Crippen LogP contribution in [0.25, 0.3) is 0 Å². The van der Waals surface area contributed by atoms with Crippen molar-refractivity contribution in [3.05, 3.63) is 0 Å². The Morgan fingerprint density at radius 3 is 2.75 bits per heavy atom. The Labute approximate surface area is 72.5 Å². The van der Waals surface area contributed by atoms with Crippen molar-refractivity contribution < 1.29 is 9.90 Å². The molecule has 0 heterocycles. The van der Waals surface area contributed by atoms with Crippen LogP contribution in [0.5, 0.6) is 0 Å². The van der Waals surface area contributed by atoms with Crippen molar-refractivity contribution in [2.24, 2.45) is 0 Å². The van der Waals surface area contributed by atoms with Crippen molar-refractivity contribution in [1.29, 1.82) is 0 Å². The molecule has 0 fully saturated rings. The van der Waals surface area contributed by atoms with Crippen molar-refractivity contribution in [1.82, 2.24) is 16.2 Å². The van der Waals surface area contributed by atoms with Gasteiger partial charge in [-0.05, 0) is 6.42 Å². The quantitative estimate of drug-likeness (QED) is 0.307. The molecule has 1 atom stereocenters. The first-order chi connectivity index (χ1) is 5.70. The second-order valence-corrected chi connectivity index (χ2v) is 2.48. The minimum Gasteiger partial charge on any atom is -0.377 e. The van der Waals surface area contributed by atoms with E-state index in [1.165, 1.54) is 0 Å². The molecule has 4 N–H and O–H groups in total. The zero-order chi connectivity index (χ0) is 9.40. The molecular formula is C7H17N3O2. The van der Waals surface area contributed by atoms with Gasteiger partial charge in [0.25, 0.3) is 0 Å². The number of carbonyl (C=O) groups is 1. The van der Waals surface area contributed by atoms with Gasteiger partial charge in [-0.15, -0.1) is 0 Å². The first-order valence-corrected chi connectivity index (χ1v) is 4.07. The second kappa shape index (κ2) is 7.02. The Morgan fingerprint density at radius 2 is 2.25 bits per heavy atom. The summed E-state index contributed by atoms with van der Waals surface area (Å²) in [4.78, 5) is 10.7. The fourth-order valence-corrected chi connectivity index (χ4v) is 0.683. The van der Waals surface area contributed by atoms with Gasteiger partial charge in [0.15, 0.2) is 0 Å². The van der Waals surface area contributed by atoms with Gasteiger partial charge in [0, 0.05) is 7.05 Å². The lowest BCUT2D eigenvalue weighted by Gasteiger charge is -2.11. The Morgan fingerprint density at radius 1 is 1.58 bits per heavy atom. The van der Waals surface area contributed by atoms with Gasteiger partial charge in [0.1, 0.15) is 6.23 Å². The number of nitrogens with one attached hydrogen (secondary N) is 3. The van der Waals surface area contributed by atoms with Crippen molar-refractivity contribution >= 4 is 5.91 Å². The predicted octanol–water partition coefficient (Wildman–Crippen LogP) is -1.05. The van der Waals surface area contributed by atoms with Crippen molar-refractivity contribution in [2.45, 2.75) is 26.0 Å². The molecule has 0 aliphatic rings. The average Bonchev–Trinajstić information content (AvgIpc) is 2.04. The maximum Gasteiger partial charge on any atom is 0.235 e. The van der Waals surface area contributed by atoms with Crippen molar-refractivity contribution in [3.8, 4) is 0 Å². The maximum absolute atomic E-state index is 10.7. The first-order valence-electron chi connectivity index (χ1n) is 4.07. The molecular weight excluding hydrogens is 158 g/mol. The number of amides is 1. The van der Waals surface area contributed by atoms with E-state index in [4.69, 9.17) is 5.11 Å². The molecule has 0 saturated heterocycles. The molecule has 12 heavy (non-hydrogen) atoms. The monoisotopic (exact) mass is 175 g/mol. The highest BCUT2D eigenvalue weighted by atomic mass is 16.3. The predicted molar refractivity (Wildman–Crippen MR) is 46.1 cm³/mol. The summed E-state index contributed by atoms with van der Waals surface area (Å²) in [5.41, 5.74) is 5.20. The maximum atomic E-state index is 10.7. The minimum atomic E-state index is -0.584. The summed E-state index contributed by atoms with van der Waals surface area (Å²) < 4.78 is 0. The molecule has 0 radical (unpaired) electrons. The van der Waals surface area contributed by atoms with Gasteiger partial charge in [-0.3, -0.25) is 4.79 Å². The molecule has 0 aromatic heterocycles. The highest BCUT2D eigenvalue weighted by molar-refractivity contribution is 5.77. The summed E-state index contributed by atoms with van der Waals surface area (Å²) in [5.74, 6) is -0.119. The third-order valence-corrected chi connectivity index (χ3v) is 1.36. The van der Waals surface area contributed by atoms with Gasteiger partial charge in [-0.25, -0.2) is 10.9 Å². The number of likely N-dealkylation sites (N-methyl/N-ethyl adjacent to an activating group) is 1. The van der Waals surface area contributed by atoms with E-state index in [0.717, 1.165) is 6.42 Å². The zero-order valence-electron chi connectivity index (χ0n) is 7.55. The highest BCUT2D eigenvalue weighted by Crippen LogP contribution is 1.89. The molecule has 0 aromatic rings. The van der Waals surface area contributed by atoms with E-state index in [-0.39, 0.29) is 12.5 Å². The Bertz CT molecular complexity index is 130. The number of aliphatic hydroxyl groups excluding tert-OH is 1. The van der Waals surface area contributed by atoms with Gasteiger partial charge in [0.05, 0.1) is 6.54 Å². The van der Waals surface area contributed by atoms with Gasteiger partial charge in [-0.1, -0.05) is 13.3 Å². The van der Waals surface area contributed by atoms with Gasteiger partial charge >= 0.3 is 0 Å². The van der Waals surface area contributed by atoms with Crippen LogP contribution >= 0.6 is 0 Å². The number of rotatable bonds is 6. The second-order valence-electron chi connectivity index (χ2n) is 2.48. The lowest BCUT2D eigenvalue weighted by Crippen LogP contribution is -2.45. The van der Waals surface area contributed by atoms with E-state index < -0.39 is 6.23 Å². The fourth-order valence-electron chi connectivity index (χ4n) is 0.683. The smallest absolute Gasteiger partial charge is 0.235 e. The molecule has 0 aliphatic carbocycles. The lowest BCUT2D eigenvalue weighted by molar-refractivity contribution is -0.120. The number of aliphatic hydroxyl groups is 1. The highest BCUT2D eigenvalue weighted by Gasteiger charge is 2.01. The molecule has 0 spiro atoms. The van der Waals surface area contributed by atoms with Gasteiger partial charge in [0.2, 0.25) is 5.91 Å². The molecule has 0 aliphatic heterocycles. The third-order valence-electron chi connectivity index (χ3n) is 1.36. The first kappa shape index (κ1) is 11.4. The van der Waals surface area contributed by atoms with E-state index >= 15 is 0 Å². The fraction of sp³-hybridized carbons (Fsp3) is 0.857. The normalized spacial score (nSPS) is 12.6. The van der Waals surface area contributed by atoms with E-state index in [1.54, 1.807) is 7.05 Å². The van der Waals surface area contributed by atoms with Crippen molar-refractivity contribution in [3.63, 3.8) is 0 Å². The van der Waals surface area contributed by atoms with Crippen LogP contribution in [0.3, 0.4) is 0 Å². The molecule has 0 aromatic carbocycles. The summed E-state index contributed by atoms with van der Waals surface area (Å²) in [7, 11) is 1.56. The largest absolute Gasteiger partial charge is 0.377 e.